The minimum absolute atomic E-state index is 0.147. The number of aromatic nitrogens is 1. The lowest BCUT2D eigenvalue weighted by Gasteiger charge is -2.15. The van der Waals surface area contributed by atoms with Crippen molar-refractivity contribution in [1.82, 2.24) is 4.57 Å². The Balaban J connectivity index is 1.77. The topological polar surface area (TPSA) is 42.3 Å². The van der Waals surface area contributed by atoms with Crippen LogP contribution in [0, 0.1) is 0 Å². The van der Waals surface area contributed by atoms with Crippen molar-refractivity contribution in [3.8, 4) is 0 Å². The molecule has 0 spiro atoms. The van der Waals surface area contributed by atoms with Gasteiger partial charge in [-0.15, -0.1) is 0 Å². The molecule has 1 aliphatic rings. The highest BCUT2D eigenvalue weighted by atomic mass is 79.9. The maximum atomic E-state index is 13.0. The third kappa shape index (κ3) is 2.59. The number of benzene rings is 2. The van der Waals surface area contributed by atoms with Crippen LogP contribution in [0.3, 0.4) is 0 Å². The molecule has 0 N–H and O–H groups in total. The lowest BCUT2D eigenvalue weighted by atomic mass is 9.97. The first-order chi connectivity index (χ1) is 12.1. The number of hydrogen-bond acceptors (Lipinski definition) is 2. The number of hydrogen-bond donors (Lipinski definition) is 0. The fraction of sp³-hybridized carbons (Fsp3) is 0.200. The summed E-state index contributed by atoms with van der Waals surface area (Å²) in [6, 6.07) is 15.3. The summed E-state index contributed by atoms with van der Waals surface area (Å²) < 4.78 is 3.04. The van der Waals surface area contributed by atoms with E-state index in [2.05, 4.69) is 33.5 Å². The summed E-state index contributed by atoms with van der Waals surface area (Å²) >= 11 is 3.38. The number of nitrogens with zero attached hydrogens (tertiary/aromatic N) is 2. The Hall–Kier alpha value is -2.40. The fourth-order valence-electron chi connectivity index (χ4n) is 3.55. The van der Waals surface area contributed by atoms with Crippen LogP contribution in [-0.2, 0) is 16.1 Å². The number of aryl methyl sites for hydroxylation is 1. The highest BCUT2D eigenvalue weighted by Gasteiger charge is 2.41. The molecule has 0 radical (unpaired) electrons. The van der Waals surface area contributed by atoms with E-state index in [-0.39, 0.29) is 18.2 Å². The van der Waals surface area contributed by atoms with E-state index in [1.54, 1.807) is 12.1 Å². The Morgan fingerprint density at radius 3 is 2.52 bits per heavy atom. The number of rotatable bonds is 3. The van der Waals surface area contributed by atoms with Gasteiger partial charge < -0.3 is 4.57 Å². The van der Waals surface area contributed by atoms with Crippen LogP contribution in [0.1, 0.15) is 24.8 Å². The van der Waals surface area contributed by atoms with Crippen LogP contribution in [0.15, 0.2) is 59.2 Å². The number of carbonyl (C=O) groups excluding carboxylic acids is 2. The van der Waals surface area contributed by atoms with Gasteiger partial charge in [-0.3, -0.25) is 14.5 Å². The first kappa shape index (κ1) is 16.1. The molecule has 0 saturated carbocycles. The van der Waals surface area contributed by atoms with Crippen molar-refractivity contribution in [1.29, 1.82) is 0 Å². The first-order valence-electron chi connectivity index (χ1n) is 8.30. The van der Waals surface area contributed by atoms with E-state index in [0.717, 1.165) is 27.5 Å². The number of anilines is 1. The van der Waals surface area contributed by atoms with E-state index in [0.29, 0.717) is 5.69 Å². The standard InChI is InChI=1S/C20H17BrN2O2/c1-2-22-12-17(15-5-3-4-6-18(15)22)16-11-19(24)23(20(16)25)14-9-7-13(21)8-10-14/h3-10,12,16H,2,11H2,1H3/t16-/m1/s1. The van der Waals surface area contributed by atoms with Gasteiger partial charge in [0.25, 0.3) is 0 Å². The highest BCUT2D eigenvalue weighted by molar-refractivity contribution is 9.10. The largest absolute Gasteiger partial charge is 0.347 e. The summed E-state index contributed by atoms with van der Waals surface area (Å²) in [6.07, 6.45) is 2.23. The Bertz CT molecular complexity index is 975. The Labute approximate surface area is 154 Å². The van der Waals surface area contributed by atoms with Gasteiger partial charge in [0, 0.05) is 34.5 Å². The number of para-hydroxylation sites is 1. The van der Waals surface area contributed by atoms with Crippen LogP contribution in [0.25, 0.3) is 10.9 Å². The van der Waals surface area contributed by atoms with Gasteiger partial charge in [-0.2, -0.15) is 0 Å². The van der Waals surface area contributed by atoms with E-state index in [1.165, 1.54) is 4.90 Å². The summed E-state index contributed by atoms with van der Waals surface area (Å²) in [5.41, 5.74) is 2.66. The molecular weight excluding hydrogens is 380 g/mol. The van der Waals surface area contributed by atoms with Crippen molar-refractivity contribution in [2.24, 2.45) is 0 Å². The van der Waals surface area contributed by atoms with Gasteiger partial charge in [-0.05, 0) is 42.8 Å². The van der Waals surface area contributed by atoms with Crippen LogP contribution in [-0.4, -0.2) is 16.4 Å². The lowest BCUT2D eigenvalue weighted by Crippen LogP contribution is -2.29. The molecule has 2 amide bonds. The quantitative estimate of drug-likeness (QED) is 0.612. The number of imide groups is 1. The molecule has 1 fully saturated rings. The average Bonchev–Trinajstić information content (AvgIpc) is 3.13. The van der Waals surface area contributed by atoms with E-state index >= 15 is 0 Å². The predicted molar refractivity (Wildman–Crippen MR) is 102 cm³/mol. The summed E-state index contributed by atoms with van der Waals surface area (Å²) in [4.78, 5) is 26.9. The average molecular weight is 397 g/mol. The zero-order chi connectivity index (χ0) is 17.6. The first-order valence-corrected chi connectivity index (χ1v) is 9.09. The van der Waals surface area contributed by atoms with Gasteiger partial charge in [0.05, 0.1) is 11.6 Å². The highest BCUT2D eigenvalue weighted by Crippen LogP contribution is 2.37. The van der Waals surface area contributed by atoms with Crippen molar-refractivity contribution < 1.29 is 9.59 Å². The van der Waals surface area contributed by atoms with Gasteiger partial charge in [-0.1, -0.05) is 34.1 Å². The molecule has 2 aromatic carbocycles. The molecule has 4 rings (SSSR count). The molecule has 1 aliphatic heterocycles. The normalized spacial score (nSPS) is 17.7. The smallest absolute Gasteiger partial charge is 0.241 e. The maximum Gasteiger partial charge on any atom is 0.241 e. The molecule has 0 aliphatic carbocycles. The molecule has 2 heterocycles. The summed E-state index contributed by atoms with van der Waals surface area (Å²) in [5.74, 6) is -0.717. The molecule has 0 unspecified atom stereocenters. The summed E-state index contributed by atoms with van der Waals surface area (Å²) in [7, 11) is 0. The summed E-state index contributed by atoms with van der Waals surface area (Å²) in [5, 5.41) is 1.05. The van der Waals surface area contributed by atoms with Crippen molar-refractivity contribution in [2.45, 2.75) is 25.8 Å². The second kappa shape index (κ2) is 6.15. The maximum absolute atomic E-state index is 13.0. The van der Waals surface area contributed by atoms with Gasteiger partial charge in [-0.25, -0.2) is 0 Å². The fourth-order valence-corrected chi connectivity index (χ4v) is 3.82. The number of carbonyl (C=O) groups is 2. The minimum Gasteiger partial charge on any atom is -0.347 e. The lowest BCUT2D eigenvalue weighted by molar-refractivity contribution is -0.121. The Morgan fingerprint density at radius 2 is 1.80 bits per heavy atom. The van der Waals surface area contributed by atoms with Crippen LogP contribution in [0.4, 0.5) is 5.69 Å². The number of amides is 2. The van der Waals surface area contributed by atoms with Crippen molar-refractivity contribution in [3.05, 3.63) is 64.8 Å². The predicted octanol–water partition coefficient (Wildman–Crippen LogP) is 4.47. The van der Waals surface area contributed by atoms with Crippen LogP contribution >= 0.6 is 15.9 Å². The molecule has 126 valence electrons. The number of halogens is 1. The molecule has 5 heteroatoms. The van der Waals surface area contributed by atoms with E-state index < -0.39 is 5.92 Å². The van der Waals surface area contributed by atoms with E-state index in [1.807, 2.05) is 36.5 Å². The molecule has 4 nitrogen and oxygen atoms in total. The third-order valence-electron chi connectivity index (χ3n) is 4.77. The van der Waals surface area contributed by atoms with Gasteiger partial charge in [0.15, 0.2) is 0 Å². The molecular formula is C20H17BrN2O2. The van der Waals surface area contributed by atoms with Crippen molar-refractivity contribution in [3.63, 3.8) is 0 Å². The third-order valence-corrected chi connectivity index (χ3v) is 5.30. The van der Waals surface area contributed by atoms with E-state index in [9.17, 15) is 9.59 Å². The molecule has 0 bridgehead atoms. The van der Waals surface area contributed by atoms with Crippen LogP contribution in [0.2, 0.25) is 0 Å². The zero-order valence-corrected chi connectivity index (χ0v) is 15.4. The minimum atomic E-state index is -0.422. The second-order valence-corrected chi connectivity index (χ2v) is 7.10. The Kier molecular flexibility index (Phi) is 3.96. The van der Waals surface area contributed by atoms with Crippen LogP contribution in [0.5, 0.6) is 0 Å². The van der Waals surface area contributed by atoms with E-state index in [4.69, 9.17) is 0 Å². The molecule has 25 heavy (non-hydrogen) atoms. The second-order valence-electron chi connectivity index (χ2n) is 6.19. The van der Waals surface area contributed by atoms with Gasteiger partial charge in [0.1, 0.15) is 0 Å². The van der Waals surface area contributed by atoms with Crippen LogP contribution < -0.4 is 4.90 Å². The van der Waals surface area contributed by atoms with Crippen molar-refractivity contribution in [2.75, 3.05) is 4.90 Å². The summed E-state index contributed by atoms with van der Waals surface area (Å²) in [6.45, 7) is 2.90. The molecule has 1 atom stereocenters. The monoisotopic (exact) mass is 396 g/mol. The molecule has 1 aromatic heterocycles. The molecule has 3 aromatic rings. The zero-order valence-electron chi connectivity index (χ0n) is 13.8. The Morgan fingerprint density at radius 1 is 1.08 bits per heavy atom. The SMILES string of the molecule is CCn1cc([C@H]2CC(=O)N(c3ccc(Br)cc3)C2=O)c2ccccc21. The molecule has 1 saturated heterocycles. The number of fused-ring (bicyclic) bond motifs is 1. The van der Waals surface area contributed by atoms with Gasteiger partial charge >= 0.3 is 0 Å². The van der Waals surface area contributed by atoms with Crippen molar-refractivity contribution >= 4 is 44.3 Å². The van der Waals surface area contributed by atoms with Gasteiger partial charge in [0.2, 0.25) is 11.8 Å².